The summed E-state index contributed by atoms with van der Waals surface area (Å²) in [5, 5.41) is 3.48. The number of rotatable bonds is 8. The zero-order valence-electron chi connectivity index (χ0n) is 12.8. The van der Waals surface area contributed by atoms with Crippen molar-refractivity contribution < 1.29 is 4.74 Å². The summed E-state index contributed by atoms with van der Waals surface area (Å²) in [6, 6.07) is 10.6. The Kier molecular flexibility index (Phi) is 7.10. The molecule has 1 aliphatic rings. The lowest BCUT2D eigenvalue weighted by Crippen LogP contribution is -2.23. The first-order valence-corrected chi connectivity index (χ1v) is 8.24. The van der Waals surface area contributed by atoms with Crippen molar-refractivity contribution in [1.82, 2.24) is 5.32 Å². The van der Waals surface area contributed by atoms with E-state index in [1.165, 1.54) is 37.7 Å². The predicted molar refractivity (Wildman–Crippen MR) is 84.8 cm³/mol. The highest BCUT2D eigenvalue weighted by Gasteiger charge is 2.19. The van der Waals surface area contributed by atoms with E-state index in [-0.39, 0.29) is 0 Å². The molecule has 0 aromatic heterocycles. The Morgan fingerprint density at radius 3 is 2.55 bits per heavy atom. The highest BCUT2D eigenvalue weighted by Crippen LogP contribution is 2.28. The molecule has 0 amide bonds. The molecule has 2 heteroatoms. The molecule has 0 heterocycles. The highest BCUT2D eigenvalue weighted by molar-refractivity contribution is 5.14. The van der Waals surface area contributed by atoms with Crippen LogP contribution in [-0.2, 0) is 11.3 Å². The average molecular weight is 275 g/mol. The summed E-state index contributed by atoms with van der Waals surface area (Å²) in [4.78, 5) is 0. The van der Waals surface area contributed by atoms with E-state index in [2.05, 4.69) is 42.6 Å². The van der Waals surface area contributed by atoms with Crippen LogP contribution in [0.2, 0.25) is 0 Å². The third-order valence-corrected chi connectivity index (χ3v) is 4.39. The van der Waals surface area contributed by atoms with Crippen LogP contribution in [0.3, 0.4) is 0 Å². The number of nitrogens with one attached hydrogen (secondary N) is 1. The summed E-state index contributed by atoms with van der Waals surface area (Å²) in [7, 11) is 0. The van der Waals surface area contributed by atoms with Gasteiger partial charge in [-0.2, -0.15) is 0 Å². The Bertz CT molecular complexity index is 344. The van der Waals surface area contributed by atoms with Crippen molar-refractivity contribution in [2.75, 3.05) is 13.2 Å². The van der Waals surface area contributed by atoms with E-state index in [0.717, 1.165) is 32.0 Å². The molecule has 0 aliphatic heterocycles. The van der Waals surface area contributed by atoms with Gasteiger partial charge in [0, 0.05) is 13.2 Å². The second-order valence-electron chi connectivity index (χ2n) is 5.94. The van der Waals surface area contributed by atoms with Gasteiger partial charge in [0.25, 0.3) is 0 Å². The fourth-order valence-electron chi connectivity index (χ4n) is 2.98. The summed E-state index contributed by atoms with van der Waals surface area (Å²) >= 11 is 0. The lowest BCUT2D eigenvalue weighted by Gasteiger charge is -2.27. The quantitative estimate of drug-likeness (QED) is 0.720. The Labute approximate surface area is 123 Å². The third kappa shape index (κ3) is 5.64. The number of benzene rings is 1. The van der Waals surface area contributed by atoms with Gasteiger partial charge < -0.3 is 10.1 Å². The van der Waals surface area contributed by atoms with Crippen LogP contribution in [0.15, 0.2) is 30.3 Å². The smallest absolute Gasteiger partial charge is 0.0575 e. The second kappa shape index (κ2) is 9.15. The minimum Gasteiger partial charge on any atom is -0.378 e. The lowest BCUT2D eigenvalue weighted by atomic mass is 9.86. The SMILES string of the molecule is CCC1CCC(OCCCNCc2ccccc2)CC1. The van der Waals surface area contributed by atoms with Gasteiger partial charge in [0.1, 0.15) is 0 Å². The lowest BCUT2D eigenvalue weighted by molar-refractivity contribution is 0.0167. The van der Waals surface area contributed by atoms with Crippen molar-refractivity contribution in [1.29, 1.82) is 0 Å². The zero-order chi connectivity index (χ0) is 14.0. The molecule has 2 nitrogen and oxygen atoms in total. The van der Waals surface area contributed by atoms with Crippen LogP contribution >= 0.6 is 0 Å². The third-order valence-electron chi connectivity index (χ3n) is 4.39. The van der Waals surface area contributed by atoms with Gasteiger partial charge in [-0.25, -0.2) is 0 Å². The number of ether oxygens (including phenoxy) is 1. The van der Waals surface area contributed by atoms with E-state index in [4.69, 9.17) is 4.74 Å². The first-order chi connectivity index (χ1) is 9.88. The van der Waals surface area contributed by atoms with Gasteiger partial charge >= 0.3 is 0 Å². The highest BCUT2D eigenvalue weighted by atomic mass is 16.5. The van der Waals surface area contributed by atoms with Gasteiger partial charge in [0.15, 0.2) is 0 Å². The van der Waals surface area contributed by atoms with Gasteiger partial charge in [-0.3, -0.25) is 0 Å². The number of hydrogen-bond donors (Lipinski definition) is 1. The van der Waals surface area contributed by atoms with Crippen molar-refractivity contribution in [2.45, 2.75) is 58.1 Å². The average Bonchev–Trinajstić information content (AvgIpc) is 2.52. The molecule has 1 aromatic carbocycles. The van der Waals surface area contributed by atoms with Gasteiger partial charge in [-0.15, -0.1) is 0 Å². The molecule has 2 rings (SSSR count). The molecule has 1 aromatic rings. The first-order valence-electron chi connectivity index (χ1n) is 8.24. The Morgan fingerprint density at radius 1 is 1.10 bits per heavy atom. The minimum absolute atomic E-state index is 0.534. The molecule has 1 N–H and O–H groups in total. The molecule has 0 saturated heterocycles. The Balaban J connectivity index is 1.46. The molecule has 1 fully saturated rings. The number of hydrogen-bond acceptors (Lipinski definition) is 2. The Hall–Kier alpha value is -0.860. The molecule has 0 radical (unpaired) electrons. The van der Waals surface area contributed by atoms with E-state index in [1.807, 2.05) is 0 Å². The van der Waals surface area contributed by atoms with Crippen LogP contribution in [0.5, 0.6) is 0 Å². The summed E-state index contributed by atoms with van der Waals surface area (Å²) in [6.07, 6.45) is 8.27. The van der Waals surface area contributed by atoms with Crippen molar-refractivity contribution in [2.24, 2.45) is 5.92 Å². The van der Waals surface area contributed by atoms with Gasteiger partial charge in [0.2, 0.25) is 0 Å². The molecule has 112 valence electrons. The normalized spacial score (nSPS) is 22.9. The molecule has 0 unspecified atom stereocenters. The molecule has 1 saturated carbocycles. The van der Waals surface area contributed by atoms with Crippen LogP contribution in [-0.4, -0.2) is 19.3 Å². The molecule has 20 heavy (non-hydrogen) atoms. The molecular weight excluding hydrogens is 246 g/mol. The molecule has 0 atom stereocenters. The van der Waals surface area contributed by atoms with Crippen molar-refractivity contribution >= 4 is 0 Å². The predicted octanol–water partition coefficient (Wildman–Crippen LogP) is 4.15. The van der Waals surface area contributed by atoms with E-state index in [1.54, 1.807) is 0 Å². The maximum atomic E-state index is 5.99. The fraction of sp³-hybridized carbons (Fsp3) is 0.667. The van der Waals surface area contributed by atoms with Crippen LogP contribution < -0.4 is 5.32 Å². The molecule has 0 bridgehead atoms. The largest absolute Gasteiger partial charge is 0.378 e. The van der Waals surface area contributed by atoms with E-state index in [0.29, 0.717) is 6.10 Å². The first kappa shape index (κ1) is 15.5. The zero-order valence-corrected chi connectivity index (χ0v) is 12.8. The summed E-state index contributed by atoms with van der Waals surface area (Å²) in [5.41, 5.74) is 1.35. The summed E-state index contributed by atoms with van der Waals surface area (Å²) in [5.74, 6) is 0.961. The maximum Gasteiger partial charge on any atom is 0.0575 e. The Morgan fingerprint density at radius 2 is 1.85 bits per heavy atom. The molecule has 0 spiro atoms. The molecule has 1 aliphatic carbocycles. The van der Waals surface area contributed by atoms with Gasteiger partial charge in [-0.1, -0.05) is 43.7 Å². The topological polar surface area (TPSA) is 21.3 Å². The van der Waals surface area contributed by atoms with Crippen LogP contribution in [0.1, 0.15) is 51.0 Å². The second-order valence-corrected chi connectivity index (χ2v) is 5.94. The van der Waals surface area contributed by atoms with Crippen LogP contribution in [0.25, 0.3) is 0 Å². The monoisotopic (exact) mass is 275 g/mol. The standard InChI is InChI=1S/C18H29NO/c1-2-16-9-11-18(12-10-16)20-14-6-13-19-15-17-7-4-3-5-8-17/h3-5,7-8,16,18-19H,2,6,9-15H2,1H3. The molecular formula is C18H29NO. The fourth-order valence-corrected chi connectivity index (χ4v) is 2.98. The van der Waals surface area contributed by atoms with Crippen LogP contribution in [0, 0.1) is 5.92 Å². The van der Waals surface area contributed by atoms with E-state index < -0.39 is 0 Å². The van der Waals surface area contributed by atoms with Gasteiger partial charge in [0.05, 0.1) is 6.10 Å². The van der Waals surface area contributed by atoms with Crippen molar-refractivity contribution in [3.05, 3.63) is 35.9 Å². The summed E-state index contributed by atoms with van der Waals surface area (Å²) < 4.78 is 5.99. The van der Waals surface area contributed by atoms with Gasteiger partial charge in [-0.05, 0) is 50.1 Å². The maximum absolute atomic E-state index is 5.99. The van der Waals surface area contributed by atoms with Crippen molar-refractivity contribution in [3.63, 3.8) is 0 Å². The minimum atomic E-state index is 0.534. The van der Waals surface area contributed by atoms with E-state index >= 15 is 0 Å². The summed E-state index contributed by atoms with van der Waals surface area (Å²) in [6.45, 7) is 5.22. The van der Waals surface area contributed by atoms with Crippen LogP contribution in [0.4, 0.5) is 0 Å². The van der Waals surface area contributed by atoms with E-state index in [9.17, 15) is 0 Å². The van der Waals surface area contributed by atoms with Crippen molar-refractivity contribution in [3.8, 4) is 0 Å².